The number of rotatable bonds is 9. The summed E-state index contributed by atoms with van der Waals surface area (Å²) < 4.78 is 18.5. The van der Waals surface area contributed by atoms with Crippen LogP contribution in [0.3, 0.4) is 0 Å². The van der Waals surface area contributed by atoms with Crippen LogP contribution in [0.1, 0.15) is 12.8 Å². The third-order valence-corrected chi connectivity index (χ3v) is 9.91. The van der Waals surface area contributed by atoms with Gasteiger partial charge in [0.2, 0.25) is 5.95 Å². The normalized spacial score (nSPS) is 17.1. The summed E-state index contributed by atoms with van der Waals surface area (Å²) >= 11 is 6.41. The highest BCUT2D eigenvalue weighted by Gasteiger charge is 2.30. The minimum Gasteiger partial charge on any atom is -0.494 e. The van der Waals surface area contributed by atoms with Crippen molar-refractivity contribution >= 4 is 58.6 Å². The molecule has 0 amide bonds. The lowest BCUT2D eigenvalue weighted by Crippen LogP contribution is -2.52. The third kappa shape index (κ3) is 7.21. The van der Waals surface area contributed by atoms with Gasteiger partial charge in [0.25, 0.3) is 5.69 Å². The van der Waals surface area contributed by atoms with Crippen LogP contribution in [0, 0.1) is 10.1 Å². The summed E-state index contributed by atoms with van der Waals surface area (Å²) in [5.74, 6) is 0.889. The largest absolute Gasteiger partial charge is 0.494 e. The van der Waals surface area contributed by atoms with Crippen LogP contribution in [0.25, 0.3) is 0 Å². The van der Waals surface area contributed by atoms with Crippen LogP contribution in [0.15, 0.2) is 42.6 Å². The molecule has 2 aliphatic rings. The van der Waals surface area contributed by atoms with Gasteiger partial charge in [-0.1, -0.05) is 23.7 Å². The topological polar surface area (TPSA) is 129 Å². The predicted molar refractivity (Wildman–Crippen MR) is 173 cm³/mol. The zero-order valence-electron chi connectivity index (χ0n) is 24.9. The smallest absolute Gasteiger partial charge is 0.294 e. The standard InChI is InChI=1S/C29H38ClN8O4P/c1-35-13-15-36(16-14-35)20-9-11-37(12-10-20)24-18-26(42-2)23(17-25(24)38(39)40)33-29-31-19-21(30)28(34-29)32-22-7-5-6-8-27(22)43(3,4)41/h5-8,17-20H,9-16H2,1-4H3,(H2,31,32,33,34). The van der Waals surface area contributed by atoms with Crippen molar-refractivity contribution < 1.29 is 14.2 Å². The molecule has 2 saturated heterocycles. The molecule has 2 N–H and O–H groups in total. The number of anilines is 5. The Balaban J connectivity index is 1.36. The van der Waals surface area contributed by atoms with E-state index in [9.17, 15) is 14.7 Å². The number of hydrogen-bond donors (Lipinski definition) is 2. The number of aromatic nitrogens is 2. The van der Waals surface area contributed by atoms with Gasteiger partial charge in [-0.3, -0.25) is 15.0 Å². The van der Waals surface area contributed by atoms with Gasteiger partial charge in [0.1, 0.15) is 23.6 Å². The van der Waals surface area contributed by atoms with Crippen molar-refractivity contribution in [1.29, 1.82) is 0 Å². The Morgan fingerprint density at radius 1 is 1.05 bits per heavy atom. The van der Waals surface area contributed by atoms with E-state index in [4.69, 9.17) is 16.3 Å². The van der Waals surface area contributed by atoms with Gasteiger partial charge < -0.3 is 29.7 Å². The van der Waals surface area contributed by atoms with E-state index in [1.54, 1.807) is 31.5 Å². The first-order chi connectivity index (χ1) is 20.5. The molecular weight excluding hydrogens is 591 g/mol. The number of para-hydroxylation sites is 1. The predicted octanol–water partition coefficient (Wildman–Crippen LogP) is 5.00. The zero-order chi connectivity index (χ0) is 30.7. The molecule has 0 bridgehead atoms. The van der Waals surface area contributed by atoms with Crippen LogP contribution in [0.2, 0.25) is 5.02 Å². The zero-order valence-corrected chi connectivity index (χ0v) is 26.6. The molecule has 0 saturated carbocycles. The number of nitrogens with zero attached hydrogens (tertiary/aromatic N) is 6. The molecule has 5 rings (SSSR count). The van der Waals surface area contributed by atoms with Crippen LogP contribution in [0.5, 0.6) is 5.75 Å². The van der Waals surface area contributed by atoms with Gasteiger partial charge in [0.05, 0.1) is 29.6 Å². The number of likely N-dealkylation sites (N-methyl/N-ethyl adjacent to an activating group) is 1. The maximum Gasteiger partial charge on any atom is 0.294 e. The summed E-state index contributed by atoms with van der Waals surface area (Å²) in [7, 11) is 1.09. The van der Waals surface area contributed by atoms with E-state index in [0.717, 1.165) is 52.1 Å². The van der Waals surface area contributed by atoms with Crippen LogP contribution in [-0.4, -0.2) is 97.5 Å². The molecule has 2 fully saturated rings. The Morgan fingerprint density at radius 2 is 1.74 bits per heavy atom. The Labute approximate surface area is 256 Å². The number of nitro benzene ring substituents is 1. The van der Waals surface area contributed by atoms with E-state index >= 15 is 0 Å². The van der Waals surface area contributed by atoms with E-state index in [1.807, 2.05) is 12.1 Å². The van der Waals surface area contributed by atoms with Crippen molar-refractivity contribution in [2.45, 2.75) is 18.9 Å². The lowest BCUT2D eigenvalue weighted by molar-refractivity contribution is -0.384. The number of piperidine rings is 1. The number of nitro groups is 1. The van der Waals surface area contributed by atoms with Crippen molar-refractivity contribution in [2.24, 2.45) is 0 Å². The second-order valence-electron chi connectivity index (χ2n) is 11.4. The lowest BCUT2D eigenvalue weighted by atomic mass is 10.0. The Morgan fingerprint density at radius 3 is 2.40 bits per heavy atom. The van der Waals surface area contributed by atoms with E-state index < -0.39 is 7.14 Å². The molecule has 0 unspecified atom stereocenters. The number of ether oxygens (including phenoxy) is 1. The SMILES string of the molecule is COc1cc(N2CCC(N3CCN(C)CC3)CC2)c([N+](=O)[O-])cc1Nc1ncc(Cl)c(Nc2ccccc2P(C)(C)=O)n1. The van der Waals surface area contributed by atoms with E-state index in [0.29, 0.717) is 40.0 Å². The lowest BCUT2D eigenvalue weighted by Gasteiger charge is -2.42. The maximum absolute atomic E-state index is 12.8. The molecule has 43 heavy (non-hydrogen) atoms. The van der Waals surface area contributed by atoms with E-state index in [2.05, 4.69) is 42.3 Å². The molecule has 12 nitrogen and oxygen atoms in total. The molecule has 230 valence electrons. The van der Waals surface area contributed by atoms with Gasteiger partial charge in [-0.15, -0.1) is 0 Å². The summed E-state index contributed by atoms with van der Waals surface area (Å²) in [4.78, 5) is 27.6. The van der Waals surface area contributed by atoms with Gasteiger partial charge in [-0.25, -0.2) is 4.98 Å². The van der Waals surface area contributed by atoms with Crippen molar-refractivity contribution in [3.8, 4) is 5.75 Å². The van der Waals surface area contributed by atoms with Gasteiger partial charge >= 0.3 is 0 Å². The summed E-state index contributed by atoms with van der Waals surface area (Å²) in [5.41, 5.74) is 1.48. The van der Waals surface area contributed by atoms with Crippen molar-refractivity contribution in [3.63, 3.8) is 0 Å². The number of methoxy groups -OCH3 is 1. The van der Waals surface area contributed by atoms with Gasteiger partial charge in [0.15, 0.2) is 5.82 Å². The summed E-state index contributed by atoms with van der Waals surface area (Å²) in [6.07, 6.45) is 3.33. The Kier molecular flexibility index (Phi) is 9.41. The summed E-state index contributed by atoms with van der Waals surface area (Å²) in [6.45, 7) is 9.10. The number of nitrogens with one attached hydrogen (secondary N) is 2. The van der Waals surface area contributed by atoms with Gasteiger partial charge in [-0.2, -0.15) is 4.98 Å². The average molecular weight is 629 g/mol. The molecule has 0 aliphatic carbocycles. The van der Waals surface area contributed by atoms with Crippen LogP contribution in [-0.2, 0) is 4.57 Å². The Hall–Kier alpha value is -3.44. The fourth-order valence-corrected chi connectivity index (χ4v) is 6.99. The average Bonchev–Trinajstić information content (AvgIpc) is 2.99. The molecule has 2 aliphatic heterocycles. The molecule has 0 spiro atoms. The quantitative estimate of drug-likeness (QED) is 0.189. The molecule has 1 aromatic heterocycles. The first-order valence-electron chi connectivity index (χ1n) is 14.3. The van der Waals surface area contributed by atoms with Gasteiger partial charge in [-0.05, 0) is 45.4 Å². The molecule has 0 radical (unpaired) electrons. The number of benzene rings is 2. The molecule has 14 heteroatoms. The van der Waals surface area contributed by atoms with E-state index in [-0.39, 0.29) is 21.6 Å². The minimum atomic E-state index is -2.58. The van der Waals surface area contributed by atoms with Crippen molar-refractivity contribution in [3.05, 3.63) is 57.7 Å². The number of halogens is 1. The third-order valence-electron chi connectivity index (χ3n) is 8.08. The fourth-order valence-electron chi connectivity index (χ4n) is 5.69. The number of piperazine rings is 1. The van der Waals surface area contributed by atoms with E-state index in [1.165, 1.54) is 19.4 Å². The second kappa shape index (κ2) is 13.1. The minimum absolute atomic E-state index is 0.0239. The van der Waals surface area contributed by atoms with Crippen LogP contribution in [0.4, 0.5) is 34.5 Å². The first kappa shape index (κ1) is 31.0. The monoisotopic (exact) mass is 628 g/mol. The molecule has 0 atom stereocenters. The van der Waals surface area contributed by atoms with Crippen molar-refractivity contribution in [1.82, 2.24) is 19.8 Å². The summed E-state index contributed by atoms with van der Waals surface area (Å²) in [5, 5.41) is 19.4. The summed E-state index contributed by atoms with van der Waals surface area (Å²) in [6, 6.07) is 10.9. The molecule has 2 aromatic carbocycles. The molecule has 3 heterocycles. The first-order valence-corrected chi connectivity index (χ1v) is 17.3. The highest BCUT2D eigenvalue weighted by Crippen LogP contribution is 2.41. The van der Waals surface area contributed by atoms with Crippen LogP contribution < -0.4 is 25.6 Å². The van der Waals surface area contributed by atoms with Crippen LogP contribution >= 0.6 is 18.7 Å². The van der Waals surface area contributed by atoms with Gasteiger partial charge in [0, 0.05) is 62.7 Å². The fraction of sp³-hybridized carbons (Fsp3) is 0.448. The molecule has 3 aromatic rings. The Bertz CT molecular complexity index is 1520. The highest BCUT2D eigenvalue weighted by atomic mass is 35.5. The maximum atomic E-state index is 12.8. The van der Waals surface area contributed by atoms with Crippen molar-refractivity contribution in [2.75, 3.05) is 82.3 Å². The number of hydrogen-bond acceptors (Lipinski definition) is 11. The second-order valence-corrected chi connectivity index (χ2v) is 15.0. The molecular formula is C29H38ClN8O4P. The highest BCUT2D eigenvalue weighted by molar-refractivity contribution is 7.70.